The summed E-state index contributed by atoms with van der Waals surface area (Å²) in [6, 6.07) is 16.2. The van der Waals surface area contributed by atoms with E-state index in [0.717, 1.165) is 11.1 Å². The summed E-state index contributed by atoms with van der Waals surface area (Å²) in [5, 5.41) is 19.0. The van der Waals surface area contributed by atoms with Crippen LogP contribution in [-0.4, -0.2) is 22.7 Å². The molecule has 3 nitrogen and oxygen atoms in total. The quantitative estimate of drug-likeness (QED) is 0.947. The van der Waals surface area contributed by atoms with Gasteiger partial charge in [0.1, 0.15) is 5.82 Å². The van der Waals surface area contributed by atoms with Crippen molar-refractivity contribution in [3.63, 3.8) is 0 Å². The van der Waals surface area contributed by atoms with Crippen molar-refractivity contribution in [1.82, 2.24) is 4.90 Å². The van der Waals surface area contributed by atoms with Crippen LogP contribution in [0.15, 0.2) is 48.5 Å². The summed E-state index contributed by atoms with van der Waals surface area (Å²) in [7, 11) is 0. The number of rotatable bonds is 3. The number of likely N-dealkylation sites (tertiary alicyclic amines) is 1. The van der Waals surface area contributed by atoms with Crippen LogP contribution in [-0.2, 0) is 6.54 Å². The Bertz CT molecular complexity index is 693. The molecule has 0 bridgehead atoms. The van der Waals surface area contributed by atoms with E-state index in [2.05, 4.69) is 11.0 Å². The van der Waals surface area contributed by atoms with Crippen LogP contribution in [0.4, 0.5) is 4.39 Å². The van der Waals surface area contributed by atoms with Gasteiger partial charge in [0.05, 0.1) is 17.7 Å². The van der Waals surface area contributed by atoms with Gasteiger partial charge in [0.15, 0.2) is 0 Å². The molecule has 0 spiro atoms. The third-order valence-corrected chi connectivity index (χ3v) is 4.08. The largest absolute Gasteiger partial charge is 0.392 e. The molecule has 2 atom stereocenters. The Morgan fingerprint density at radius 1 is 1.23 bits per heavy atom. The number of nitriles is 1. The number of halogens is 1. The first kappa shape index (κ1) is 14.7. The van der Waals surface area contributed by atoms with Crippen LogP contribution in [0.25, 0.3) is 0 Å². The highest BCUT2D eigenvalue weighted by Crippen LogP contribution is 2.33. The molecule has 0 saturated carbocycles. The monoisotopic (exact) mass is 296 g/mol. The standard InChI is InChI=1S/C18H17FN2O/c19-16-6-4-15(5-7-16)18-9-17(22)12-21(18)11-14-3-1-2-13(8-14)10-20/h1-8,17-18,22H,9,11-12H2. The molecule has 0 aromatic heterocycles. The molecule has 3 rings (SSSR count). The normalized spacial score (nSPS) is 21.7. The van der Waals surface area contributed by atoms with Gasteiger partial charge in [-0.05, 0) is 41.8 Å². The molecule has 0 amide bonds. The number of benzene rings is 2. The molecule has 1 aliphatic rings. The molecule has 1 N–H and O–H groups in total. The topological polar surface area (TPSA) is 47.3 Å². The summed E-state index contributed by atoms with van der Waals surface area (Å²) in [6.07, 6.45) is 0.262. The molecule has 4 heteroatoms. The Balaban J connectivity index is 1.81. The van der Waals surface area contributed by atoms with Gasteiger partial charge in [0.25, 0.3) is 0 Å². The molecule has 2 aromatic rings. The lowest BCUT2D eigenvalue weighted by Gasteiger charge is -2.24. The van der Waals surface area contributed by atoms with Crippen LogP contribution in [0.5, 0.6) is 0 Å². The second-order valence-corrected chi connectivity index (χ2v) is 5.70. The third-order valence-electron chi connectivity index (χ3n) is 4.08. The third kappa shape index (κ3) is 3.16. The molecule has 2 unspecified atom stereocenters. The minimum absolute atomic E-state index is 0.0707. The predicted octanol–water partition coefficient (Wildman–Crippen LogP) is 3.01. The van der Waals surface area contributed by atoms with E-state index in [9.17, 15) is 9.50 Å². The molecular weight excluding hydrogens is 279 g/mol. The fraction of sp³-hybridized carbons (Fsp3) is 0.278. The van der Waals surface area contributed by atoms with Gasteiger partial charge in [0.2, 0.25) is 0 Å². The highest BCUT2D eigenvalue weighted by Gasteiger charge is 2.31. The van der Waals surface area contributed by atoms with Crippen molar-refractivity contribution in [3.05, 3.63) is 71.0 Å². The fourth-order valence-corrected chi connectivity index (χ4v) is 3.06. The van der Waals surface area contributed by atoms with Gasteiger partial charge in [-0.1, -0.05) is 24.3 Å². The van der Waals surface area contributed by atoms with Crippen molar-refractivity contribution in [3.8, 4) is 6.07 Å². The lowest BCUT2D eigenvalue weighted by atomic mass is 10.0. The minimum Gasteiger partial charge on any atom is -0.392 e. The van der Waals surface area contributed by atoms with Crippen LogP contribution in [0, 0.1) is 17.1 Å². The van der Waals surface area contributed by atoms with E-state index in [1.807, 2.05) is 18.2 Å². The lowest BCUT2D eigenvalue weighted by molar-refractivity contribution is 0.172. The maximum atomic E-state index is 13.1. The smallest absolute Gasteiger partial charge is 0.123 e. The van der Waals surface area contributed by atoms with Gasteiger partial charge < -0.3 is 5.11 Å². The number of aliphatic hydroxyl groups excluding tert-OH is 1. The molecule has 1 saturated heterocycles. The summed E-state index contributed by atoms with van der Waals surface area (Å²) in [5.41, 5.74) is 2.69. The zero-order chi connectivity index (χ0) is 15.5. The molecule has 1 aliphatic heterocycles. The summed E-state index contributed by atoms with van der Waals surface area (Å²) in [4.78, 5) is 2.17. The van der Waals surface area contributed by atoms with Gasteiger partial charge in [-0.15, -0.1) is 0 Å². The SMILES string of the molecule is N#Cc1cccc(CN2CC(O)CC2c2ccc(F)cc2)c1. The van der Waals surface area contributed by atoms with Crippen LogP contribution in [0.3, 0.4) is 0 Å². The van der Waals surface area contributed by atoms with Crippen LogP contribution in [0.1, 0.15) is 29.2 Å². The highest BCUT2D eigenvalue weighted by molar-refractivity contribution is 5.33. The first-order valence-corrected chi connectivity index (χ1v) is 7.32. The second-order valence-electron chi connectivity index (χ2n) is 5.70. The van der Waals surface area contributed by atoms with Gasteiger partial charge in [-0.3, -0.25) is 4.90 Å². The van der Waals surface area contributed by atoms with E-state index in [1.54, 1.807) is 18.2 Å². The molecular formula is C18H17FN2O. The van der Waals surface area contributed by atoms with Gasteiger partial charge in [-0.2, -0.15) is 5.26 Å². The molecule has 112 valence electrons. The Morgan fingerprint density at radius 2 is 2.00 bits per heavy atom. The van der Waals surface area contributed by atoms with Crippen molar-refractivity contribution in [2.75, 3.05) is 6.54 Å². The average molecular weight is 296 g/mol. The number of β-amino-alcohol motifs (C(OH)–C–C–N with tert-alkyl or cyclic N) is 1. The van der Waals surface area contributed by atoms with E-state index < -0.39 is 0 Å². The van der Waals surface area contributed by atoms with E-state index in [-0.39, 0.29) is 18.0 Å². The summed E-state index contributed by atoms with van der Waals surface area (Å²) in [6.45, 7) is 1.24. The van der Waals surface area contributed by atoms with Crippen molar-refractivity contribution in [2.45, 2.75) is 25.1 Å². The Hall–Kier alpha value is -2.22. The minimum atomic E-state index is -0.380. The summed E-state index contributed by atoms with van der Waals surface area (Å²) < 4.78 is 13.1. The summed E-state index contributed by atoms with van der Waals surface area (Å²) in [5.74, 6) is -0.254. The van der Waals surface area contributed by atoms with Crippen LogP contribution >= 0.6 is 0 Å². The number of hydrogen-bond donors (Lipinski definition) is 1. The van der Waals surface area contributed by atoms with Crippen molar-refractivity contribution >= 4 is 0 Å². The Labute approximate surface area is 129 Å². The number of hydrogen-bond acceptors (Lipinski definition) is 3. The molecule has 1 fully saturated rings. The predicted molar refractivity (Wildman–Crippen MR) is 81.3 cm³/mol. The number of aliphatic hydroxyl groups is 1. The van der Waals surface area contributed by atoms with Gasteiger partial charge in [0, 0.05) is 19.1 Å². The van der Waals surface area contributed by atoms with Crippen LogP contribution in [0.2, 0.25) is 0 Å². The molecule has 0 aliphatic carbocycles. The Morgan fingerprint density at radius 3 is 2.73 bits per heavy atom. The van der Waals surface area contributed by atoms with E-state index in [1.165, 1.54) is 12.1 Å². The molecule has 0 radical (unpaired) electrons. The Kier molecular flexibility index (Phi) is 4.19. The zero-order valence-corrected chi connectivity index (χ0v) is 12.1. The average Bonchev–Trinajstić information content (AvgIpc) is 2.89. The first-order valence-electron chi connectivity index (χ1n) is 7.32. The first-order chi connectivity index (χ1) is 10.7. The van der Waals surface area contributed by atoms with Gasteiger partial charge >= 0.3 is 0 Å². The van der Waals surface area contributed by atoms with Crippen LogP contribution < -0.4 is 0 Å². The van der Waals surface area contributed by atoms with E-state index in [4.69, 9.17) is 5.26 Å². The number of nitrogens with zero attached hydrogens (tertiary/aromatic N) is 2. The lowest BCUT2D eigenvalue weighted by Crippen LogP contribution is -2.24. The van der Waals surface area contributed by atoms with Crippen molar-refractivity contribution < 1.29 is 9.50 Å². The fourth-order valence-electron chi connectivity index (χ4n) is 3.06. The molecule has 22 heavy (non-hydrogen) atoms. The summed E-state index contributed by atoms with van der Waals surface area (Å²) >= 11 is 0. The maximum absolute atomic E-state index is 13.1. The van der Waals surface area contributed by atoms with E-state index in [0.29, 0.717) is 25.1 Å². The van der Waals surface area contributed by atoms with Crippen molar-refractivity contribution in [1.29, 1.82) is 5.26 Å². The highest BCUT2D eigenvalue weighted by atomic mass is 19.1. The van der Waals surface area contributed by atoms with E-state index >= 15 is 0 Å². The molecule has 2 aromatic carbocycles. The maximum Gasteiger partial charge on any atom is 0.123 e. The second kappa shape index (κ2) is 6.27. The van der Waals surface area contributed by atoms with Crippen molar-refractivity contribution in [2.24, 2.45) is 0 Å². The molecule has 1 heterocycles. The van der Waals surface area contributed by atoms with Gasteiger partial charge in [-0.25, -0.2) is 4.39 Å². The zero-order valence-electron chi connectivity index (χ0n) is 12.1.